The smallest absolute Gasteiger partial charge is 0.306 e. The first-order chi connectivity index (χ1) is 14.6. The molecule has 0 radical (unpaired) electrons. The van der Waals surface area contributed by atoms with Crippen molar-refractivity contribution in [1.29, 1.82) is 0 Å². The fourth-order valence-corrected chi connectivity index (χ4v) is 2.70. The van der Waals surface area contributed by atoms with Crippen LogP contribution in [-0.2, 0) is 20.7 Å². The molecule has 1 aromatic heterocycles. The maximum atomic E-state index is 11.8. The van der Waals surface area contributed by atoms with Crippen molar-refractivity contribution in [3.8, 4) is 17.1 Å². The van der Waals surface area contributed by atoms with E-state index in [0.717, 1.165) is 16.9 Å². The summed E-state index contributed by atoms with van der Waals surface area (Å²) in [5, 5.41) is 2.65. The fourth-order valence-electron chi connectivity index (χ4n) is 2.70. The SMILES string of the molecule is Cc1cccc(OCCNC(=O)COC(=O)CCc2ncc(-c3ccccc3)o2)c1. The van der Waals surface area contributed by atoms with Crippen LogP contribution < -0.4 is 10.1 Å². The molecule has 0 fully saturated rings. The molecule has 1 amide bonds. The highest BCUT2D eigenvalue weighted by atomic mass is 16.5. The van der Waals surface area contributed by atoms with E-state index < -0.39 is 5.97 Å². The highest BCUT2D eigenvalue weighted by molar-refractivity contribution is 5.80. The monoisotopic (exact) mass is 408 g/mol. The average Bonchev–Trinajstić information content (AvgIpc) is 3.24. The molecule has 1 heterocycles. The molecule has 3 rings (SSSR count). The first kappa shape index (κ1) is 21.1. The number of nitrogens with one attached hydrogen (secondary N) is 1. The Hall–Kier alpha value is -3.61. The predicted molar refractivity (Wildman–Crippen MR) is 111 cm³/mol. The molecule has 0 atom stereocenters. The summed E-state index contributed by atoms with van der Waals surface area (Å²) in [5.74, 6) is 0.978. The first-order valence-electron chi connectivity index (χ1n) is 9.72. The van der Waals surface area contributed by atoms with E-state index in [1.165, 1.54) is 0 Å². The molecular weight excluding hydrogens is 384 g/mol. The van der Waals surface area contributed by atoms with E-state index in [1.807, 2.05) is 61.5 Å². The van der Waals surface area contributed by atoms with Crippen molar-refractivity contribution < 1.29 is 23.5 Å². The number of nitrogens with zero attached hydrogens (tertiary/aromatic N) is 1. The summed E-state index contributed by atoms with van der Waals surface area (Å²) >= 11 is 0. The van der Waals surface area contributed by atoms with Gasteiger partial charge in [-0.05, 0) is 24.6 Å². The van der Waals surface area contributed by atoms with Crippen LogP contribution >= 0.6 is 0 Å². The Morgan fingerprint density at radius 3 is 2.73 bits per heavy atom. The second-order valence-corrected chi connectivity index (χ2v) is 6.66. The van der Waals surface area contributed by atoms with Gasteiger partial charge >= 0.3 is 5.97 Å². The zero-order valence-corrected chi connectivity index (χ0v) is 16.8. The van der Waals surface area contributed by atoms with E-state index in [1.54, 1.807) is 6.20 Å². The lowest BCUT2D eigenvalue weighted by Crippen LogP contribution is -2.32. The van der Waals surface area contributed by atoms with Gasteiger partial charge in [-0.3, -0.25) is 9.59 Å². The van der Waals surface area contributed by atoms with Crippen LogP contribution in [0.4, 0.5) is 0 Å². The van der Waals surface area contributed by atoms with Gasteiger partial charge in [-0.2, -0.15) is 0 Å². The number of aromatic nitrogens is 1. The number of aryl methyl sites for hydroxylation is 2. The number of hydrogen-bond acceptors (Lipinski definition) is 6. The summed E-state index contributed by atoms with van der Waals surface area (Å²) in [7, 11) is 0. The predicted octanol–water partition coefficient (Wildman–Crippen LogP) is 3.32. The minimum Gasteiger partial charge on any atom is -0.492 e. The minimum absolute atomic E-state index is 0.0818. The maximum absolute atomic E-state index is 11.8. The summed E-state index contributed by atoms with van der Waals surface area (Å²) in [6, 6.07) is 17.2. The van der Waals surface area contributed by atoms with Gasteiger partial charge in [0.2, 0.25) is 0 Å². The van der Waals surface area contributed by atoms with Crippen LogP contribution in [0, 0.1) is 6.92 Å². The van der Waals surface area contributed by atoms with Crippen molar-refractivity contribution in [2.45, 2.75) is 19.8 Å². The molecule has 3 aromatic rings. The van der Waals surface area contributed by atoms with Gasteiger partial charge < -0.3 is 19.2 Å². The van der Waals surface area contributed by atoms with Gasteiger partial charge in [0.25, 0.3) is 5.91 Å². The molecular formula is C23H24N2O5. The molecule has 0 unspecified atom stereocenters. The van der Waals surface area contributed by atoms with E-state index >= 15 is 0 Å². The third-order valence-corrected chi connectivity index (χ3v) is 4.20. The molecule has 2 aromatic carbocycles. The van der Waals surface area contributed by atoms with E-state index in [0.29, 0.717) is 31.2 Å². The molecule has 30 heavy (non-hydrogen) atoms. The molecule has 0 saturated heterocycles. The van der Waals surface area contributed by atoms with Crippen LogP contribution in [0.25, 0.3) is 11.3 Å². The highest BCUT2D eigenvalue weighted by Gasteiger charge is 2.11. The Kier molecular flexibility index (Phi) is 7.60. The normalized spacial score (nSPS) is 10.4. The molecule has 0 bridgehead atoms. The number of ether oxygens (including phenoxy) is 2. The standard InChI is InChI=1S/C23H24N2O5/c1-17-6-5-9-19(14-17)28-13-12-24-21(26)16-29-23(27)11-10-22-25-15-20(30-22)18-7-3-2-4-8-18/h2-9,14-15H,10-13,16H2,1H3,(H,24,26). The number of benzene rings is 2. The Balaban J connectivity index is 1.30. The van der Waals surface area contributed by atoms with Gasteiger partial charge in [0, 0.05) is 12.0 Å². The van der Waals surface area contributed by atoms with Crippen molar-refractivity contribution in [1.82, 2.24) is 10.3 Å². The number of carbonyl (C=O) groups excluding carboxylic acids is 2. The summed E-state index contributed by atoms with van der Waals surface area (Å²) in [5.41, 5.74) is 2.02. The molecule has 0 aliphatic heterocycles. The van der Waals surface area contributed by atoms with Gasteiger partial charge in [-0.1, -0.05) is 42.5 Å². The molecule has 1 N–H and O–H groups in total. The average molecular weight is 408 g/mol. The summed E-state index contributed by atoms with van der Waals surface area (Å²) in [6.07, 6.45) is 2.01. The lowest BCUT2D eigenvalue weighted by atomic mass is 10.2. The second-order valence-electron chi connectivity index (χ2n) is 6.66. The van der Waals surface area contributed by atoms with Crippen LogP contribution in [0.1, 0.15) is 17.9 Å². The molecule has 0 spiro atoms. The van der Waals surface area contributed by atoms with Crippen molar-refractivity contribution in [3.63, 3.8) is 0 Å². The Morgan fingerprint density at radius 1 is 1.10 bits per heavy atom. The Labute approximate surface area is 175 Å². The van der Waals surface area contributed by atoms with E-state index in [-0.39, 0.29) is 18.9 Å². The van der Waals surface area contributed by atoms with Gasteiger partial charge in [0.05, 0.1) is 19.2 Å². The van der Waals surface area contributed by atoms with Crippen LogP contribution in [0.5, 0.6) is 5.75 Å². The maximum Gasteiger partial charge on any atom is 0.306 e. The number of carbonyl (C=O) groups is 2. The van der Waals surface area contributed by atoms with Crippen molar-refractivity contribution >= 4 is 11.9 Å². The van der Waals surface area contributed by atoms with Gasteiger partial charge in [0.1, 0.15) is 12.4 Å². The minimum atomic E-state index is -0.486. The first-order valence-corrected chi connectivity index (χ1v) is 9.72. The molecule has 156 valence electrons. The largest absolute Gasteiger partial charge is 0.492 e. The van der Waals surface area contributed by atoms with Crippen LogP contribution in [0.15, 0.2) is 65.2 Å². The number of esters is 1. The molecule has 7 heteroatoms. The summed E-state index contributed by atoms with van der Waals surface area (Å²) < 4.78 is 16.2. The van der Waals surface area contributed by atoms with Crippen LogP contribution in [-0.4, -0.2) is 36.6 Å². The number of rotatable bonds is 10. The van der Waals surface area contributed by atoms with Crippen molar-refractivity contribution in [2.24, 2.45) is 0 Å². The lowest BCUT2D eigenvalue weighted by Gasteiger charge is -2.08. The Bertz CT molecular complexity index is 968. The number of amides is 1. The summed E-state index contributed by atoms with van der Waals surface area (Å²) in [6.45, 7) is 2.30. The number of hydrogen-bond donors (Lipinski definition) is 1. The van der Waals surface area contributed by atoms with Gasteiger partial charge in [-0.15, -0.1) is 0 Å². The Morgan fingerprint density at radius 2 is 1.93 bits per heavy atom. The van der Waals surface area contributed by atoms with Crippen LogP contribution in [0.2, 0.25) is 0 Å². The zero-order chi connectivity index (χ0) is 21.2. The molecule has 7 nitrogen and oxygen atoms in total. The third kappa shape index (κ3) is 6.77. The zero-order valence-electron chi connectivity index (χ0n) is 16.8. The molecule has 0 aliphatic rings. The van der Waals surface area contributed by atoms with E-state index in [4.69, 9.17) is 13.9 Å². The molecule has 0 saturated carbocycles. The third-order valence-electron chi connectivity index (χ3n) is 4.20. The van der Waals surface area contributed by atoms with Crippen molar-refractivity contribution in [3.05, 3.63) is 72.2 Å². The molecule has 0 aliphatic carbocycles. The topological polar surface area (TPSA) is 90.7 Å². The van der Waals surface area contributed by atoms with E-state index in [9.17, 15) is 9.59 Å². The fraction of sp³-hybridized carbons (Fsp3) is 0.261. The van der Waals surface area contributed by atoms with Crippen molar-refractivity contribution in [2.75, 3.05) is 19.8 Å². The second kappa shape index (κ2) is 10.8. The number of oxazole rings is 1. The van der Waals surface area contributed by atoms with E-state index in [2.05, 4.69) is 10.3 Å². The van der Waals surface area contributed by atoms with Crippen LogP contribution in [0.3, 0.4) is 0 Å². The van der Waals surface area contributed by atoms with Gasteiger partial charge in [-0.25, -0.2) is 4.98 Å². The quantitative estimate of drug-likeness (QED) is 0.409. The lowest BCUT2D eigenvalue weighted by molar-refractivity contribution is -0.148. The van der Waals surface area contributed by atoms with Gasteiger partial charge in [0.15, 0.2) is 18.3 Å². The summed E-state index contributed by atoms with van der Waals surface area (Å²) in [4.78, 5) is 27.8. The highest BCUT2D eigenvalue weighted by Crippen LogP contribution is 2.20.